The minimum absolute atomic E-state index is 0. The van der Waals surface area contributed by atoms with E-state index in [0.717, 1.165) is 0 Å². The number of hydrogen-bond donors (Lipinski definition) is 4. The predicted octanol–water partition coefficient (Wildman–Crippen LogP) is -3.81. The Labute approximate surface area is 110 Å². The van der Waals surface area contributed by atoms with Crippen LogP contribution in [-0.2, 0) is 4.57 Å². The van der Waals surface area contributed by atoms with Gasteiger partial charge in [0.15, 0.2) is 0 Å². The molecule has 8 heavy (non-hydrogen) atoms. The average Bonchev–Trinajstić information content (AvgIpc) is 0.722. The van der Waals surface area contributed by atoms with Gasteiger partial charge in [-0.3, -0.25) is 0 Å². The van der Waals surface area contributed by atoms with Crippen molar-refractivity contribution in [1.29, 1.82) is 0 Å². The minimum atomic E-state index is -4.64. The Morgan fingerprint density at radius 1 is 1.25 bits per heavy atom. The maximum Gasteiger partial charge on any atom is 2.00 e. The maximum atomic E-state index is 8.88. The Kier molecular flexibility index (Phi) is 26.6. The van der Waals surface area contributed by atoms with Gasteiger partial charge >= 0.3 is 82.3 Å². The van der Waals surface area contributed by atoms with Crippen molar-refractivity contribution in [2.75, 3.05) is 0 Å². The summed E-state index contributed by atoms with van der Waals surface area (Å²) in [5.41, 5.74) is 0. The number of rotatable bonds is 0. The Balaban J connectivity index is -0.00000000533. The van der Waals surface area contributed by atoms with Crippen LogP contribution in [0.15, 0.2) is 0 Å². The summed E-state index contributed by atoms with van der Waals surface area (Å²) in [7, 11) is -4.64. The molecule has 5 nitrogen and oxygen atoms in total. The standard InChI is InChI=1S/K.Mg.H3N.H3O4P.3H/c;;;1-5(2,3)4;;;/h;;1H3;(H3,1,2,3,4);;;/q+1;+2;;;3*-1. The Morgan fingerprint density at radius 3 is 1.25 bits per heavy atom. The molecular weight excluding hydrogens is 172 g/mol. The van der Waals surface area contributed by atoms with E-state index in [9.17, 15) is 0 Å². The summed E-state index contributed by atoms with van der Waals surface area (Å²) in [5.74, 6) is 0. The number of hydrogen-bond acceptors (Lipinski definition) is 2. The second-order valence-electron chi connectivity index (χ2n) is 0.513. The zero-order valence-electron chi connectivity index (χ0n) is 7.61. The van der Waals surface area contributed by atoms with E-state index in [0.29, 0.717) is 0 Å². The normalized spacial score (nSPS) is 7.38. The molecule has 0 aromatic carbocycles. The first-order valence-electron chi connectivity index (χ1n) is 0.783. The van der Waals surface area contributed by atoms with Crippen LogP contribution in [-0.4, -0.2) is 37.7 Å². The van der Waals surface area contributed by atoms with E-state index in [4.69, 9.17) is 19.2 Å². The summed E-state index contributed by atoms with van der Waals surface area (Å²) in [6.07, 6.45) is 0. The van der Waals surface area contributed by atoms with Crippen molar-refractivity contribution in [3.8, 4) is 0 Å². The zero-order valence-corrected chi connectivity index (χ0v) is 10.0. The zero-order chi connectivity index (χ0) is 4.50. The fourth-order valence-electron chi connectivity index (χ4n) is 0. The molecule has 8 heteroatoms. The Hall–Kier alpha value is 2.47. The molecule has 0 saturated heterocycles. The van der Waals surface area contributed by atoms with Gasteiger partial charge in [-0.2, -0.15) is 0 Å². The third kappa shape index (κ3) is 77.4. The molecule has 0 rings (SSSR count). The summed E-state index contributed by atoms with van der Waals surface area (Å²) < 4.78 is 8.88. The summed E-state index contributed by atoms with van der Waals surface area (Å²) in [6.45, 7) is 0. The van der Waals surface area contributed by atoms with E-state index in [2.05, 4.69) is 0 Å². The van der Waals surface area contributed by atoms with Gasteiger partial charge in [-0.15, -0.1) is 0 Å². The molecule has 6 N–H and O–H groups in total. The molecular formula is H9KMgNO4P. The van der Waals surface area contributed by atoms with E-state index < -0.39 is 7.82 Å². The number of phosphoric acid groups is 1. The molecule has 0 bridgehead atoms. The van der Waals surface area contributed by atoms with Gasteiger partial charge < -0.3 is 25.1 Å². The minimum Gasteiger partial charge on any atom is -1.00 e. The van der Waals surface area contributed by atoms with Crippen molar-refractivity contribution in [3.05, 3.63) is 0 Å². The maximum absolute atomic E-state index is 8.88. The van der Waals surface area contributed by atoms with Gasteiger partial charge in [0.05, 0.1) is 0 Å². The predicted molar refractivity (Wildman–Crippen MR) is 28.4 cm³/mol. The van der Waals surface area contributed by atoms with E-state index in [1.165, 1.54) is 0 Å². The third-order valence-electron chi connectivity index (χ3n) is 0. The molecule has 0 aliphatic carbocycles. The first kappa shape index (κ1) is 22.4. The first-order valence-corrected chi connectivity index (χ1v) is 2.35. The van der Waals surface area contributed by atoms with Crippen LogP contribution in [0.25, 0.3) is 0 Å². The third-order valence-corrected chi connectivity index (χ3v) is 0. The van der Waals surface area contributed by atoms with Gasteiger partial charge in [0, 0.05) is 0 Å². The summed E-state index contributed by atoms with van der Waals surface area (Å²) in [4.78, 5) is 21.6. The van der Waals surface area contributed by atoms with Gasteiger partial charge in [-0.25, -0.2) is 4.57 Å². The van der Waals surface area contributed by atoms with E-state index in [1.807, 2.05) is 0 Å². The van der Waals surface area contributed by atoms with Crippen molar-refractivity contribution in [2.24, 2.45) is 0 Å². The molecule has 46 valence electrons. The molecule has 0 unspecified atom stereocenters. The molecule has 0 aliphatic rings. The molecule has 0 aromatic heterocycles. The molecule has 0 atom stereocenters. The van der Waals surface area contributed by atoms with Crippen molar-refractivity contribution >= 4 is 30.9 Å². The summed E-state index contributed by atoms with van der Waals surface area (Å²) >= 11 is 0. The van der Waals surface area contributed by atoms with Gasteiger partial charge in [-0.1, -0.05) is 0 Å². The molecule has 0 saturated carbocycles. The van der Waals surface area contributed by atoms with Crippen molar-refractivity contribution in [3.63, 3.8) is 0 Å². The first-order chi connectivity index (χ1) is 2.00. The van der Waals surface area contributed by atoms with Crippen LogP contribution < -0.4 is 57.5 Å². The van der Waals surface area contributed by atoms with E-state index in [-0.39, 0.29) is 84.9 Å². The molecule has 0 radical (unpaired) electrons. The summed E-state index contributed by atoms with van der Waals surface area (Å²) in [5, 5.41) is 0. The van der Waals surface area contributed by atoms with Gasteiger partial charge in [0.2, 0.25) is 0 Å². The topological polar surface area (TPSA) is 113 Å². The second-order valence-corrected chi connectivity index (χ2v) is 1.54. The smallest absolute Gasteiger partial charge is 1.00 e. The van der Waals surface area contributed by atoms with E-state index >= 15 is 0 Å². The van der Waals surface area contributed by atoms with Gasteiger partial charge in [0.25, 0.3) is 0 Å². The van der Waals surface area contributed by atoms with Crippen LogP contribution in [0.2, 0.25) is 0 Å². The Bertz CT molecular complexity index is 71.5. The monoisotopic (exact) mass is 181 g/mol. The average molecular weight is 181 g/mol. The molecule has 0 aliphatic heterocycles. The molecule has 0 heterocycles. The van der Waals surface area contributed by atoms with Crippen LogP contribution in [0.3, 0.4) is 0 Å². The quantitative estimate of drug-likeness (QED) is 0.226. The fourth-order valence-corrected chi connectivity index (χ4v) is 0. The Morgan fingerprint density at radius 2 is 1.25 bits per heavy atom. The largest absolute Gasteiger partial charge is 2.00 e. The van der Waals surface area contributed by atoms with E-state index in [1.54, 1.807) is 0 Å². The van der Waals surface area contributed by atoms with Crippen LogP contribution in [0.5, 0.6) is 0 Å². The van der Waals surface area contributed by atoms with Crippen LogP contribution in [0, 0.1) is 0 Å². The molecule has 0 fully saturated rings. The fraction of sp³-hybridized carbons (Fsp3) is 0. The second kappa shape index (κ2) is 9.47. The molecule has 0 spiro atoms. The molecule has 0 aromatic rings. The van der Waals surface area contributed by atoms with Crippen molar-refractivity contribution in [1.82, 2.24) is 6.15 Å². The van der Waals surface area contributed by atoms with Crippen LogP contribution in [0.1, 0.15) is 4.28 Å². The van der Waals surface area contributed by atoms with Gasteiger partial charge in [-0.05, 0) is 0 Å². The van der Waals surface area contributed by atoms with Crippen LogP contribution in [0.4, 0.5) is 0 Å². The summed E-state index contributed by atoms with van der Waals surface area (Å²) in [6, 6.07) is 0. The van der Waals surface area contributed by atoms with Gasteiger partial charge in [0.1, 0.15) is 0 Å². The van der Waals surface area contributed by atoms with Crippen LogP contribution >= 0.6 is 7.82 Å². The van der Waals surface area contributed by atoms with Crippen molar-refractivity contribution < 1.29 is 74.9 Å². The molecule has 0 amide bonds. The SMILES string of the molecule is N.O=P(O)(O)O.[H-].[H-].[H-].[K+].[Mg+2]. The van der Waals surface area contributed by atoms with Crippen molar-refractivity contribution in [2.45, 2.75) is 0 Å².